The van der Waals surface area contributed by atoms with E-state index in [-0.39, 0.29) is 11.3 Å². The topological polar surface area (TPSA) is 61.4 Å². The zero-order valence-corrected chi connectivity index (χ0v) is 18.7. The molecule has 6 nitrogen and oxygen atoms in total. The highest BCUT2D eigenvalue weighted by Gasteiger charge is 2.20. The molecule has 2 aromatic carbocycles. The number of amides is 1. The highest BCUT2D eigenvalue weighted by molar-refractivity contribution is 7.00. The number of hydrogen-bond acceptors (Lipinski definition) is 6. The molecule has 7 heteroatoms. The van der Waals surface area contributed by atoms with Crippen molar-refractivity contribution in [3.05, 3.63) is 53.6 Å². The van der Waals surface area contributed by atoms with Gasteiger partial charge in [0.25, 0.3) is 0 Å². The molecule has 0 aliphatic carbocycles. The number of nitrogens with one attached hydrogen (secondary N) is 1. The molecule has 1 aliphatic heterocycles. The van der Waals surface area contributed by atoms with Crippen LogP contribution in [-0.2, 0) is 16.8 Å². The number of piperazine rings is 1. The van der Waals surface area contributed by atoms with Crippen LogP contribution in [0.25, 0.3) is 11.0 Å². The van der Waals surface area contributed by atoms with Crippen molar-refractivity contribution in [2.45, 2.75) is 32.7 Å². The molecule has 1 amide bonds. The summed E-state index contributed by atoms with van der Waals surface area (Å²) in [6.45, 7) is 11.9. The Balaban J connectivity index is 1.23. The molecule has 2 heterocycles. The van der Waals surface area contributed by atoms with Crippen LogP contribution in [0, 0.1) is 0 Å². The molecule has 1 fully saturated rings. The summed E-state index contributed by atoms with van der Waals surface area (Å²) < 4.78 is 8.41. The minimum Gasteiger partial charge on any atom is -0.325 e. The van der Waals surface area contributed by atoms with Crippen molar-refractivity contribution in [2.75, 3.05) is 38.0 Å². The molecule has 0 saturated carbocycles. The lowest BCUT2D eigenvalue weighted by molar-refractivity contribution is -0.117. The summed E-state index contributed by atoms with van der Waals surface area (Å²) in [4.78, 5) is 17.1. The number of hydrogen-bond donors (Lipinski definition) is 1. The molecule has 30 heavy (non-hydrogen) atoms. The minimum atomic E-state index is 0.0174. The molecule has 1 aromatic heterocycles. The van der Waals surface area contributed by atoms with Gasteiger partial charge in [0.05, 0.1) is 18.3 Å². The summed E-state index contributed by atoms with van der Waals surface area (Å²) in [6.07, 6.45) is 0. The maximum Gasteiger partial charge on any atom is 0.238 e. The van der Waals surface area contributed by atoms with Crippen LogP contribution in [0.3, 0.4) is 0 Å². The molecule has 0 atom stereocenters. The highest BCUT2D eigenvalue weighted by Crippen LogP contribution is 2.23. The molecule has 1 aliphatic rings. The predicted molar refractivity (Wildman–Crippen MR) is 123 cm³/mol. The predicted octanol–water partition coefficient (Wildman–Crippen LogP) is 3.75. The summed E-state index contributed by atoms with van der Waals surface area (Å²) >= 11 is 1.19. The van der Waals surface area contributed by atoms with E-state index in [2.05, 4.69) is 68.9 Å². The van der Waals surface area contributed by atoms with Crippen molar-refractivity contribution in [2.24, 2.45) is 0 Å². The zero-order chi connectivity index (χ0) is 21.1. The maximum absolute atomic E-state index is 12.4. The van der Waals surface area contributed by atoms with Crippen LogP contribution < -0.4 is 5.32 Å². The first-order valence-corrected chi connectivity index (χ1v) is 11.2. The molecule has 1 N–H and O–H groups in total. The number of anilines is 1. The molecule has 158 valence electrons. The van der Waals surface area contributed by atoms with Crippen LogP contribution in [0.2, 0.25) is 0 Å². The van der Waals surface area contributed by atoms with Crippen molar-refractivity contribution in [1.82, 2.24) is 18.5 Å². The molecule has 3 aromatic rings. The van der Waals surface area contributed by atoms with Gasteiger partial charge in [-0.2, -0.15) is 8.75 Å². The maximum atomic E-state index is 12.4. The lowest BCUT2D eigenvalue weighted by Crippen LogP contribution is -2.48. The standard InChI is InChI=1S/C23H29N5OS/c1-23(2,3)18-6-4-17(5-7-18)15-27-10-12-28(13-11-27)16-22(29)24-19-8-9-20-21(14-19)26-30-25-20/h4-9,14H,10-13,15-16H2,1-3H3,(H,24,29). The van der Waals surface area contributed by atoms with Gasteiger partial charge in [0.15, 0.2) is 0 Å². The Labute approximate surface area is 182 Å². The molecule has 0 radical (unpaired) electrons. The third-order valence-electron chi connectivity index (χ3n) is 5.60. The van der Waals surface area contributed by atoms with Gasteiger partial charge in [0.2, 0.25) is 5.91 Å². The highest BCUT2D eigenvalue weighted by atomic mass is 32.1. The van der Waals surface area contributed by atoms with Gasteiger partial charge in [-0.25, -0.2) is 0 Å². The van der Waals surface area contributed by atoms with Crippen LogP contribution in [0.5, 0.6) is 0 Å². The number of carbonyl (C=O) groups is 1. The summed E-state index contributed by atoms with van der Waals surface area (Å²) in [7, 11) is 0. The smallest absolute Gasteiger partial charge is 0.238 e. The van der Waals surface area contributed by atoms with Gasteiger partial charge >= 0.3 is 0 Å². The van der Waals surface area contributed by atoms with E-state index < -0.39 is 0 Å². The van der Waals surface area contributed by atoms with Gasteiger partial charge in [0.1, 0.15) is 11.0 Å². The Morgan fingerprint density at radius 1 is 0.967 bits per heavy atom. The normalized spacial score (nSPS) is 16.1. The quantitative estimate of drug-likeness (QED) is 0.677. The van der Waals surface area contributed by atoms with E-state index in [0.717, 1.165) is 49.4 Å². The lowest BCUT2D eigenvalue weighted by atomic mass is 9.87. The lowest BCUT2D eigenvalue weighted by Gasteiger charge is -2.34. The summed E-state index contributed by atoms with van der Waals surface area (Å²) in [5.41, 5.74) is 5.36. The Kier molecular flexibility index (Phi) is 6.13. The van der Waals surface area contributed by atoms with Gasteiger partial charge < -0.3 is 5.32 Å². The van der Waals surface area contributed by atoms with Crippen molar-refractivity contribution in [1.29, 1.82) is 0 Å². The van der Waals surface area contributed by atoms with E-state index in [0.29, 0.717) is 6.54 Å². The Morgan fingerprint density at radius 2 is 1.63 bits per heavy atom. The minimum absolute atomic E-state index is 0.0174. The van der Waals surface area contributed by atoms with Gasteiger partial charge in [-0.1, -0.05) is 45.0 Å². The monoisotopic (exact) mass is 423 g/mol. The van der Waals surface area contributed by atoms with Crippen molar-refractivity contribution >= 4 is 34.4 Å². The molecule has 1 saturated heterocycles. The first kappa shape index (κ1) is 20.9. The van der Waals surface area contributed by atoms with E-state index in [4.69, 9.17) is 0 Å². The van der Waals surface area contributed by atoms with E-state index in [1.807, 2.05) is 18.2 Å². The average Bonchev–Trinajstić information content (AvgIpc) is 3.17. The number of nitrogens with zero attached hydrogens (tertiary/aromatic N) is 4. The van der Waals surface area contributed by atoms with E-state index in [9.17, 15) is 4.79 Å². The second kappa shape index (κ2) is 8.79. The van der Waals surface area contributed by atoms with Gasteiger partial charge in [-0.15, -0.1) is 0 Å². The SMILES string of the molecule is CC(C)(C)c1ccc(CN2CCN(CC(=O)Nc3ccc4nsnc4c3)CC2)cc1. The zero-order valence-electron chi connectivity index (χ0n) is 17.9. The number of fused-ring (bicyclic) bond motifs is 1. The Bertz CT molecular complexity index is 1000. The number of rotatable bonds is 5. The van der Waals surface area contributed by atoms with Crippen LogP contribution in [0.1, 0.15) is 31.9 Å². The Morgan fingerprint density at radius 3 is 2.33 bits per heavy atom. The first-order chi connectivity index (χ1) is 14.4. The number of aromatic nitrogens is 2. The fourth-order valence-electron chi connectivity index (χ4n) is 3.74. The largest absolute Gasteiger partial charge is 0.325 e. The molecular weight excluding hydrogens is 394 g/mol. The van der Waals surface area contributed by atoms with E-state index in [1.54, 1.807) is 0 Å². The van der Waals surface area contributed by atoms with Crippen molar-refractivity contribution < 1.29 is 4.79 Å². The summed E-state index contributed by atoms with van der Waals surface area (Å²) in [5, 5.41) is 2.98. The van der Waals surface area contributed by atoms with E-state index in [1.165, 1.54) is 22.9 Å². The summed E-state index contributed by atoms with van der Waals surface area (Å²) in [6, 6.07) is 14.6. The van der Waals surface area contributed by atoms with Crippen molar-refractivity contribution in [3.63, 3.8) is 0 Å². The molecular formula is C23H29N5OS. The second-order valence-electron chi connectivity index (χ2n) is 9.02. The third-order valence-corrected chi connectivity index (χ3v) is 6.15. The van der Waals surface area contributed by atoms with Crippen LogP contribution >= 0.6 is 11.7 Å². The average molecular weight is 424 g/mol. The van der Waals surface area contributed by atoms with Gasteiger partial charge in [0, 0.05) is 38.4 Å². The van der Waals surface area contributed by atoms with Gasteiger partial charge in [-0.05, 0) is 34.7 Å². The van der Waals surface area contributed by atoms with E-state index >= 15 is 0 Å². The van der Waals surface area contributed by atoms with Gasteiger partial charge in [-0.3, -0.25) is 14.6 Å². The Hall–Kier alpha value is -2.35. The van der Waals surface area contributed by atoms with Crippen LogP contribution in [-0.4, -0.2) is 57.2 Å². The molecule has 0 spiro atoms. The molecule has 0 unspecified atom stereocenters. The van der Waals surface area contributed by atoms with Crippen LogP contribution in [0.15, 0.2) is 42.5 Å². The fraction of sp³-hybridized carbons (Fsp3) is 0.435. The first-order valence-electron chi connectivity index (χ1n) is 10.4. The number of benzene rings is 2. The summed E-state index contributed by atoms with van der Waals surface area (Å²) in [5.74, 6) is 0.0174. The molecule has 4 rings (SSSR count). The van der Waals surface area contributed by atoms with Crippen LogP contribution in [0.4, 0.5) is 5.69 Å². The van der Waals surface area contributed by atoms with Crippen molar-refractivity contribution in [3.8, 4) is 0 Å². The molecule has 0 bridgehead atoms. The second-order valence-corrected chi connectivity index (χ2v) is 9.54. The number of carbonyl (C=O) groups excluding carboxylic acids is 1. The third kappa shape index (κ3) is 5.22. The fourth-order valence-corrected chi connectivity index (χ4v) is 4.25.